The summed E-state index contributed by atoms with van der Waals surface area (Å²) in [6.45, 7) is 3.12. The van der Waals surface area contributed by atoms with Gasteiger partial charge in [0.1, 0.15) is 12.3 Å². The molecule has 0 saturated heterocycles. The van der Waals surface area contributed by atoms with Crippen LogP contribution < -0.4 is 23.9 Å². The first-order valence-corrected chi connectivity index (χ1v) is 15.5. The van der Waals surface area contributed by atoms with E-state index in [2.05, 4.69) is 10.5 Å². The molecule has 1 heterocycles. The van der Waals surface area contributed by atoms with Crippen LogP contribution in [0.1, 0.15) is 17.0 Å². The Kier molecular flexibility index (Phi) is 10.4. The van der Waals surface area contributed by atoms with Gasteiger partial charge in [0.05, 0.1) is 48.8 Å². The summed E-state index contributed by atoms with van der Waals surface area (Å²) in [4.78, 5) is 13.0. The highest BCUT2D eigenvalue weighted by molar-refractivity contribution is 7.92. The number of hydrogen-bond acceptors (Lipinski definition) is 7. The van der Waals surface area contributed by atoms with E-state index in [9.17, 15) is 13.2 Å². The number of rotatable bonds is 11. The number of aryl methyl sites for hydroxylation is 1. The number of methoxy groups -OCH3 is 3. The van der Waals surface area contributed by atoms with Gasteiger partial charge in [-0.2, -0.15) is 5.10 Å². The molecule has 0 spiro atoms. The molecular weight excluding hydrogens is 651 g/mol. The molecule has 0 radical (unpaired) electrons. The lowest BCUT2D eigenvalue weighted by atomic mass is 10.2. The monoisotopic (exact) mass is 678 g/mol. The number of sulfonamides is 1. The maximum atomic E-state index is 14.0. The first-order chi connectivity index (χ1) is 20.9. The predicted molar refractivity (Wildman–Crippen MR) is 173 cm³/mol. The van der Waals surface area contributed by atoms with Gasteiger partial charge in [0.15, 0.2) is 11.5 Å². The number of aromatic nitrogens is 1. The van der Waals surface area contributed by atoms with Gasteiger partial charge >= 0.3 is 0 Å². The van der Waals surface area contributed by atoms with E-state index < -0.39 is 22.5 Å². The molecule has 3 aromatic carbocycles. The lowest BCUT2D eigenvalue weighted by molar-refractivity contribution is -0.119. The fourth-order valence-electron chi connectivity index (χ4n) is 4.55. The zero-order valence-corrected chi connectivity index (χ0v) is 27.5. The molecule has 14 heteroatoms. The summed E-state index contributed by atoms with van der Waals surface area (Å²) in [6.07, 6.45) is 1.46. The van der Waals surface area contributed by atoms with Crippen molar-refractivity contribution in [2.75, 3.05) is 32.2 Å². The van der Waals surface area contributed by atoms with Crippen LogP contribution in [0.5, 0.6) is 17.2 Å². The van der Waals surface area contributed by atoms with Crippen LogP contribution in [0.4, 0.5) is 5.69 Å². The number of hydrazone groups is 1. The minimum atomic E-state index is -4.36. The third-order valence-corrected chi connectivity index (χ3v) is 9.20. The highest BCUT2D eigenvalue weighted by Crippen LogP contribution is 2.37. The minimum Gasteiger partial charge on any atom is -0.495 e. The van der Waals surface area contributed by atoms with Crippen LogP contribution in [-0.2, 0) is 14.8 Å². The molecule has 4 aromatic rings. The van der Waals surface area contributed by atoms with Gasteiger partial charge in [-0.05, 0) is 68.4 Å². The fraction of sp³-hybridized carbons (Fsp3) is 0.200. The Morgan fingerprint density at radius 3 is 2.20 bits per heavy atom. The van der Waals surface area contributed by atoms with Crippen molar-refractivity contribution in [2.24, 2.45) is 5.10 Å². The molecule has 0 saturated carbocycles. The lowest BCUT2D eigenvalue weighted by Crippen LogP contribution is -2.39. The molecule has 1 N–H and O–H groups in total. The molecule has 1 amide bonds. The van der Waals surface area contributed by atoms with E-state index in [-0.39, 0.29) is 27.1 Å². The van der Waals surface area contributed by atoms with Gasteiger partial charge in [0.25, 0.3) is 15.9 Å². The summed E-state index contributed by atoms with van der Waals surface area (Å²) in [5, 5.41) is 5.37. The average Bonchev–Trinajstić information content (AvgIpc) is 3.28. The largest absolute Gasteiger partial charge is 0.495 e. The number of amides is 1. The second-order valence-electron chi connectivity index (χ2n) is 9.40. The quantitative estimate of drug-likeness (QED) is 0.145. The fourth-order valence-corrected chi connectivity index (χ4v) is 6.52. The molecule has 4 rings (SSSR count). The Balaban J connectivity index is 1.65. The van der Waals surface area contributed by atoms with Crippen molar-refractivity contribution in [3.8, 4) is 22.9 Å². The summed E-state index contributed by atoms with van der Waals surface area (Å²) >= 11 is 18.8. The molecule has 0 atom stereocenters. The third kappa shape index (κ3) is 6.91. The van der Waals surface area contributed by atoms with E-state index in [0.717, 1.165) is 15.7 Å². The molecule has 0 unspecified atom stereocenters. The number of ether oxygens (including phenoxy) is 3. The van der Waals surface area contributed by atoms with Crippen LogP contribution in [0.2, 0.25) is 15.1 Å². The standard InChI is InChI=1S/C30H29Cl3N4O6S/c1-18-12-20(19(2)37(18)25-13-21(31)6-9-24(25)33)16-34-35-30(38)17-36(26-14-22(32)7-10-27(26)41-3)44(39,40)23-8-11-28(42-4)29(15-23)43-5/h6-16H,17H2,1-5H3,(H,35,38)/b34-16+. The molecule has 0 bridgehead atoms. The number of hydrogen-bond donors (Lipinski definition) is 1. The Hall–Kier alpha value is -3.90. The maximum Gasteiger partial charge on any atom is 0.265 e. The van der Waals surface area contributed by atoms with Crippen molar-refractivity contribution < 1.29 is 27.4 Å². The SMILES string of the molecule is COc1ccc(S(=O)(=O)N(CC(=O)N/N=C/c2cc(C)n(-c3cc(Cl)ccc3Cl)c2C)c2cc(Cl)ccc2OC)cc1OC. The van der Waals surface area contributed by atoms with E-state index in [4.69, 9.17) is 49.0 Å². The zero-order valence-electron chi connectivity index (χ0n) is 24.4. The second-order valence-corrected chi connectivity index (χ2v) is 12.5. The van der Waals surface area contributed by atoms with Crippen molar-refractivity contribution in [2.45, 2.75) is 18.7 Å². The van der Waals surface area contributed by atoms with E-state index >= 15 is 0 Å². The lowest BCUT2D eigenvalue weighted by Gasteiger charge is -2.25. The molecule has 0 aliphatic carbocycles. The second kappa shape index (κ2) is 13.8. The molecule has 10 nitrogen and oxygen atoms in total. The Morgan fingerprint density at radius 2 is 1.52 bits per heavy atom. The molecule has 232 valence electrons. The summed E-state index contributed by atoms with van der Waals surface area (Å²) < 4.78 is 46.7. The number of nitrogens with zero attached hydrogens (tertiary/aromatic N) is 3. The van der Waals surface area contributed by atoms with E-state index in [1.165, 1.54) is 57.9 Å². The molecule has 0 fully saturated rings. The van der Waals surface area contributed by atoms with Crippen molar-refractivity contribution in [1.82, 2.24) is 9.99 Å². The van der Waals surface area contributed by atoms with Crippen LogP contribution in [0.3, 0.4) is 0 Å². The molecule has 44 heavy (non-hydrogen) atoms. The smallest absolute Gasteiger partial charge is 0.265 e. The number of carbonyl (C=O) groups excluding carboxylic acids is 1. The van der Waals surface area contributed by atoms with E-state index in [0.29, 0.717) is 27.0 Å². The van der Waals surface area contributed by atoms with Crippen molar-refractivity contribution in [3.63, 3.8) is 0 Å². The topological polar surface area (TPSA) is 111 Å². The molecule has 0 aliphatic rings. The number of nitrogens with one attached hydrogen (secondary N) is 1. The van der Waals surface area contributed by atoms with Crippen molar-refractivity contribution >= 4 is 62.6 Å². The van der Waals surface area contributed by atoms with Crippen LogP contribution in [0, 0.1) is 13.8 Å². The van der Waals surface area contributed by atoms with Crippen LogP contribution in [-0.4, -0.2) is 53.0 Å². The Morgan fingerprint density at radius 1 is 0.886 bits per heavy atom. The summed E-state index contributed by atoms with van der Waals surface area (Å²) in [5.41, 5.74) is 5.52. The maximum absolute atomic E-state index is 14.0. The number of halogens is 3. The van der Waals surface area contributed by atoms with Gasteiger partial charge in [0.2, 0.25) is 0 Å². The summed E-state index contributed by atoms with van der Waals surface area (Å²) in [5.74, 6) is -0.0133. The first-order valence-electron chi connectivity index (χ1n) is 13.0. The van der Waals surface area contributed by atoms with Crippen LogP contribution >= 0.6 is 34.8 Å². The molecular formula is C30H29Cl3N4O6S. The summed E-state index contributed by atoms with van der Waals surface area (Å²) in [6, 6.07) is 15.6. The third-order valence-electron chi connectivity index (χ3n) is 6.65. The van der Waals surface area contributed by atoms with E-state index in [1.54, 1.807) is 24.3 Å². The normalized spacial score (nSPS) is 11.5. The van der Waals surface area contributed by atoms with Crippen molar-refractivity contribution in [1.29, 1.82) is 0 Å². The van der Waals surface area contributed by atoms with Crippen LogP contribution in [0.25, 0.3) is 5.69 Å². The van der Waals surface area contributed by atoms with Gasteiger partial charge in [-0.25, -0.2) is 13.8 Å². The molecule has 1 aromatic heterocycles. The zero-order chi connectivity index (χ0) is 32.2. The van der Waals surface area contributed by atoms with E-state index in [1.807, 2.05) is 24.5 Å². The number of carbonyl (C=O) groups is 1. The van der Waals surface area contributed by atoms with Gasteiger partial charge in [0, 0.05) is 33.1 Å². The highest BCUT2D eigenvalue weighted by Gasteiger charge is 2.31. The van der Waals surface area contributed by atoms with Gasteiger partial charge in [-0.3, -0.25) is 9.10 Å². The van der Waals surface area contributed by atoms with Crippen molar-refractivity contribution in [3.05, 3.63) is 92.7 Å². The average molecular weight is 680 g/mol. The first kappa shape index (κ1) is 33.0. The number of benzene rings is 3. The predicted octanol–water partition coefficient (Wildman–Crippen LogP) is 6.43. The number of anilines is 1. The van der Waals surface area contributed by atoms with Gasteiger partial charge in [-0.1, -0.05) is 34.8 Å². The highest BCUT2D eigenvalue weighted by atomic mass is 35.5. The van der Waals surface area contributed by atoms with Gasteiger partial charge < -0.3 is 18.8 Å². The summed E-state index contributed by atoms with van der Waals surface area (Å²) in [7, 11) is -0.158. The minimum absolute atomic E-state index is 0.0517. The molecule has 0 aliphatic heterocycles. The van der Waals surface area contributed by atoms with Crippen LogP contribution in [0.15, 0.2) is 70.7 Å². The Labute approximate surface area is 270 Å². The van der Waals surface area contributed by atoms with Gasteiger partial charge in [-0.15, -0.1) is 0 Å². The Bertz CT molecular complexity index is 1840.